The summed E-state index contributed by atoms with van der Waals surface area (Å²) in [6, 6.07) is 16.6. The molecule has 0 atom stereocenters. The van der Waals surface area contributed by atoms with Crippen molar-refractivity contribution in [1.29, 1.82) is 0 Å². The van der Waals surface area contributed by atoms with Crippen molar-refractivity contribution >= 4 is 40.6 Å². The summed E-state index contributed by atoms with van der Waals surface area (Å²) >= 11 is 7.46. The number of carbonyl (C=O) groups is 1. The number of aryl methyl sites for hydroxylation is 1. The van der Waals surface area contributed by atoms with E-state index in [2.05, 4.69) is 52.9 Å². The van der Waals surface area contributed by atoms with Crippen LogP contribution in [0, 0.1) is 6.92 Å². The fourth-order valence-electron chi connectivity index (χ4n) is 3.56. The molecule has 2 aromatic rings. The third kappa shape index (κ3) is 3.51. The van der Waals surface area contributed by atoms with Crippen LogP contribution in [0.25, 0.3) is 0 Å². The van der Waals surface area contributed by atoms with Crippen molar-refractivity contribution in [3.05, 3.63) is 59.7 Å². The number of benzene rings is 2. The zero-order chi connectivity index (χ0) is 18.1. The minimum Gasteiger partial charge on any atom is -0.356 e. The number of piperidine rings is 1. The molecule has 0 unspecified atom stereocenters. The van der Waals surface area contributed by atoms with Gasteiger partial charge in [-0.25, -0.2) is 0 Å². The quantitative estimate of drug-likeness (QED) is 0.595. The molecule has 1 saturated carbocycles. The van der Waals surface area contributed by atoms with Gasteiger partial charge in [0, 0.05) is 35.4 Å². The van der Waals surface area contributed by atoms with Crippen molar-refractivity contribution in [2.75, 3.05) is 11.3 Å². The molecule has 3 nitrogen and oxygen atoms in total. The Kier molecular flexibility index (Phi) is 4.76. The van der Waals surface area contributed by atoms with E-state index in [0.29, 0.717) is 18.6 Å². The summed E-state index contributed by atoms with van der Waals surface area (Å²) in [5, 5.41) is 0. The van der Waals surface area contributed by atoms with Crippen LogP contribution in [0.4, 0.5) is 5.69 Å². The number of likely N-dealkylation sites (tertiary alicyclic amines) is 1. The summed E-state index contributed by atoms with van der Waals surface area (Å²) < 4.78 is 3.46. The number of nitrogens with one attached hydrogen (secondary N) is 1. The van der Waals surface area contributed by atoms with Gasteiger partial charge in [0.25, 0.3) is 0 Å². The van der Waals surface area contributed by atoms with Gasteiger partial charge in [-0.2, -0.15) is 0 Å². The largest absolute Gasteiger partial charge is 0.356 e. The Balaban J connectivity index is 1.52. The van der Waals surface area contributed by atoms with Gasteiger partial charge in [-0.15, -0.1) is 0 Å². The molecule has 0 aromatic heterocycles. The lowest BCUT2D eigenvalue weighted by atomic mass is 9.97. The van der Waals surface area contributed by atoms with Gasteiger partial charge in [0.05, 0.1) is 5.69 Å². The molecule has 1 N–H and O–H groups in total. The van der Waals surface area contributed by atoms with E-state index in [1.54, 1.807) is 11.9 Å². The second kappa shape index (κ2) is 7.05. The summed E-state index contributed by atoms with van der Waals surface area (Å²) in [5.41, 5.74) is 3.33. The third-order valence-corrected chi connectivity index (χ3v) is 6.51. The van der Waals surface area contributed by atoms with Gasteiger partial charge in [0.15, 0.2) is 0 Å². The first-order chi connectivity index (χ1) is 12.6. The Morgan fingerprint density at radius 1 is 1.15 bits per heavy atom. The normalized spacial score (nSPS) is 18.0. The zero-order valence-electron chi connectivity index (χ0n) is 14.8. The van der Waals surface area contributed by atoms with E-state index in [1.165, 1.54) is 10.5 Å². The molecule has 0 bridgehead atoms. The molecule has 1 aliphatic heterocycles. The van der Waals surface area contributed by atoms with E-state index in [4.69, 9.17) is 12.2 Å². The minimum atomic E-state index is 0.00360. The van der Waals surface area contributed by atoms with Gasteiger partial charge < -0.3 is 9.62 Å². The van der Waals surface area contributed by atoms with Crippen LogP contribution in [-0.2, 0) is 4.79 Å². The Morgan fingerprint density at radius 2 is 1.88 bits per heavy atom. The molecule has 4 rings (SSSR count). The molecule has 26 heavy (non-hydrogen) atoms. The maximum Gasteiger partial charge on any atom is 0.137 e. The first-order valence-corrected chi connectivity index (χ1v) is 10.2. The van der Waals surface area contributed by atoms with Crippen LogP contribution in [0.2, 0.25) is 0 Å². The SMILES string of the molecule is Cc1ccc(SNc2ccccc2C(=S)N2CCC(=O)CC23CC3)cc1. The van der Waals surface area contributed by atoms with E-state index >= 15 is 0 Å². The first kappa shape index (κ1) is 17.6. The number of thiocarbonyl (C=S) groups is 1. The van der Waals surface area contributed by atoms with Crippen LogP contribution >= 0.6 is 24.2 Å². The Morgan fingerprint density at radius 3 is 2.62 bits per heavy atom. The summed E-state index contributed by atoms with van der Waals surface area (Å²) in [6.07, 6.45) is 3.41. The van der Waals surface area contributed by atoms with Crippen LogP contribution in [0.15, 0.2) is 53.4 Å². The van der Waals surface area contributed by atoms with Crippen molar-refractivity contribution < 1.29 is 4.79 Å². The highest BCUT2D eigenvalue weighted by Gasteiger charge is 2.52. The molecule has 5 heteroatoms. The Bertz CT molecular complexity index is 843. The molecule has 2 fully saturated rings. The second-order valence-corrected chi connectivity index (χ2v) is 8.48. The number of anilines is 1. The molecule has 2 aliphatic rings. The average Bonchev–Trinajstić information content (AvgIpc) is 3.40. The molecule has 2 aromatic carbocycles. The van der Waals surface area contributed by atoms with E-state index in [1.807, 2.05) is 12.1 Å². The summed E-state index contributed by atoms with van der Waals surface area (Å²) in [4.78, 5) is 16.2. The fraction of sp³-hybridized carbons (Fsp3) is 0.333. The van der Waals surface area contributed by atoms with Crippen LogP contribution in [-0.4, -0.2) is 27.8 Å². The third-order valence-electron chi connectivity index (χ3n) is 5.24. The van der Waals surface area contributed by atoms with E-state index < -0.39 is 0 Å². The molecular formula is C21H22N2OS2. The highest BCUT2D eigenvalue weighted by atomic mass is 32.2. The van der Waals surface area contributed by atoms with E-state index in [9.17, 15) is 4.79 Å². The molecule has 0 amide bonds. The maximum absolute atomic E-state index is 11.9. The van der Waals surface area contributed by atoms with Crippen molar-refractivity contribution in [2.24, 2.45) is 0 Å². The smallest absolute Gasteiger partial charge is 0.137 e. The summed E-state index contributed by atoms with van der Waals surface area (Å²) in [7, 11) is 0. The standard InChI is InChI=1S/C21H22N2OS2/c1-15-6-8-17(9-7-15)26-22-19-5-3-2-4-18(19)20(25)23-13-10-16(24)14-21(23)11-12-21/h2-9,22H,10-14H2,1H3. The predicted molar refractivity (Wildman–Crippen MR) is 112 cm³/mol. The molecule has 1 saturated heterocycles. The number of Topliss-reactive ketones (excluding diaryl/α,β-unsaturated/α-hetero) is 1. The van der Waals surface area contributed by atoms with E-state index in [-0.39, 0.29) is 5.54 Å². The number of hydrogen-bond donors (Lipinski definition) is 1. The highest BCUT2D eigenvalue weighted by molar-refractivity contribution is 8.00. The zero-order valence-corrected chi connectivity index (χ0v) is 16.5. The molecule has 1 heterocycles. The van der Waals surface area contributed by atoms with Gasteiger partial charge in [-0.05, 0) is 56.0 Å². The topological polar surface area (TPSA) is 32.3 Å². The molecule has 1 aliphatic carbocycles. The number of hydrogen-bond acceptors (Lipinski definition) is 4. The molecule has 0 radical (unpaired) electrons. The average molecular weight is 383 g/mol. The highest BCUT2D eigenvalue weighted by Crippen LogP contribution is 2.48. The molecule has 134 valence electrons. The van der Waals surface area contributed by atoms with Crippen molar-refractivity contribution in [3.63, 3.8) is 0 Å². The van der Waals surface area contributed by atoms with Crippen molar-refractivity contribution in [3.8, 4) is 0 Å². The first-order valence-electron chi connectivity index (χ1n) is 9.00. The lowest BCUT2D eigenvalue weighted by molar-refractivity contribution is -0.122. The van der Waals surface area contributed by atoms with Gasteiger partial charge >= 0.3 is 0 Å². The summed E-state index contributed by atoms with van der Waals surface area (Å²) in [5.74, 6) is 0.378. The van der Waals surface area contributed by atoms with Crippen LogP contribution in [0.1, 0.15) is 36.8 Å². The molecule has 1 spiro atoms. The summed E-state index contributed by atoms with van der Waals surface area (Å²) in [6.45, 7) is 2.84. The minimum absolute atomic E-state index is 0.00360. The second-order valence-electron chi connectivity index (χ2n) is 7.21. The van der Waals surface area contributed by atoms with E-state index in [0.717, 1.165) is 35.6 Å². The molecular weight excluding hydrogens is 360 g/mol. The monoisotopic (exact) mass is 382 g/mol. The van der Waals surface area contributed by atoms with Crippen LogP contribution in [0.3, 0.4) is 0 Å². The van der Waals surface area contributed by atoms with Gasteiger partial charge in [0.2, 0.25) is 0 Å². The van der Waals surface area contributed by atoms with Gasteiger partial charge in [-0.3, -0.25) is 4.79 Å². The lowest BCUT2D eigenvalue weighted by Crippen LogP contribution is -2.47. The fourth-order valence-corrected chi connectivity index (χ4v) is 4.70. The Labute approximate surface area is 164 Å². The lowest BCUT2D eigenvalue weighted by Gasteiger charge is -2.38. The predicted octanol–water partition coefficient (Wildman–Crippen LogP) is 4.99. The number of ketones is 1. The van der Waals surface area contributed by atoms with Crippen LogP contribution < -0.4 is 4.72 Å². The van der Waals surface area contributed by atoms with Gasteiger partial charge in [-0.1, -0.05) is 42.0 Å². The van der Waals surface area contributed by atoms with Gasteiger partial charge in [0.1, 0.15) is 10.8 Å². The Hall–Kier alpha value is -1.85. The number of para-hydroxylation sites is 1. The van der Waals surface area contributed by atoms with Crippen molar-refractivity contribution in [1.82, 2.24) is 4.90 Å². The number of carbonyl (C=O) groups excluding carboxylic acids is 1. The number of nitrogens with zero attached hydrogens (tertiary/aromatic N) is 1. The maximum atomic E-state index is 11.9. The van der Waals surface area contributed by atoms with Crippen molar-refractivity contribution in [2.45, 2.75) is 43.0 Å². The van der Waals surface area contributed by atoms with Crippen LogP contribution in [0.5, 0.6) is 0 Å². The number of rotatable bonds is 4.